The standard InChI is InChI=1S/C31H18N2S/c1-2-7-20-15-22-16-23(12-11-21(22)14-19(20)6-1)33-27-9-5-13-32-31(27)26-17-25-24-8-3-4-10-29(24)34-30(25)18-28(26)33/h1-18H. The van der Waals surface area contributed by atoms with Crippen molar-refractivity contribution < 1.29 is 0 Å². The van der Waals surface area contributed by atoms with E-state index in [9.17, 15) is 0 Å². The predicted octanol–water partition coefficient (Wildman–Crippen LogP) is 8.85. The number of benzene rings is 5. The third kappa shape index (κ3) is 2.47. The van der Waals surface area contributed by atoms with Gasteiger partial charge in [0.05, 0.1) is 16.6 Å². The molecule has 34 heavy (non-hydrogen) atoms. The van der Waals surface area contributed by atoms with Crippen LogP contribution < -0.4 is 0 Å². The van der Waals surface area contributed by atoms with Crippen LogP contribution in [-0.4, -0.2) is 9.55 Å². The number of aromatic nitrogens is 2. The lowest BCUT2D eigenvalue weighted by Gasteiger charge is -2.10. The Labute approximate surface area is 199 Å². The third-order valence-electron chi connectivity index (χ3n) is 6.96. The van der Waals surface area contributed by atoms with E-state index < -0.39 is 0 Å². The highest BCUT2D eigenvalue weighted by Gasteiger charge is 2.16. The first-order valence-corrected chi connectivity index (χ1v) is 12.3. The third-order valence-corrected chi connectivity index (χ3v) is 8.10. The summed E-state index contributed by atoms with van der Waals surface area (Å²) >= 11 is 1.86. The quantitative estimate of drug-likeness (QED) is 0.228. The molecule has 0 bridgehead atoms. The van der Waals surface area contributed by atoms with Crippen molar-refractivity contribution in [3.8, 4) is 5.69 Å². The Morgan fingerprint density at radius 1 is 0.529 bits per heavy atom. The van der Waals surface area contributed by atoms with E-state index in [-0.39, 0.29) is 0 Å². The maximum absolute atomic E-state index is 4.81. The van der Waals surface area contributed by atoms with Gasteiger partial charge < -0.3 is 4.57 Å². The first kappa shape index (κ1) is 18.2. The molecule has 0 spiro atoms. The molecule has 2 nitrogen and oxygen atoms in total. The molecule has 0 N–H and O–H groups in total. The minimum Gasteiger partial charge on any atom is -0.308 e. The first-order chi connectivity index (χ1) is 16.8. The Morgan fingerprint density at radius 2 is 1.32 bits per heavy atom. The minimum atomic E-state index is 1.05. The zero-order valence-corrected chi connectivity index (χ0v) is 19.0. The van der Waals surface area contributed by atoms with Crippen molar-refractivity contribution in [2.75, 3.05) is 0 Å². The van der Waals surface area contributed by atoms with Crippen LogP contribution in [0, 0.1) is 0 Å². The van der Waals surface area contributed by atoms with Crippen LogP contribution in [0.4, 0.5) is 0 Å². The highest BCUT2D eigenvalue weighted by molar-refractivity contribution is 7.25. The average molecular weight is 451 g/mol. The molecule has 0 amide bonds. The highest BCUT2D eigenvalue weighted by atomic mass is 32.1. The monoisotopic (exact) mass is 450 g/mol. The maximum atomic E-state index is 4.81. The zero-order chi connectivity index (χ0) is 22.2. The van der Waals surface area contributed by atoms with Gasteiger partial charge in [-0.25, -0.2) is 0 Å². The van der Waals surface area contributed by atoms with E-state index in [1.807, 2.05) is 23.6 Å². The number of pyridine rings is 1. The van der Waals surface area contributed by atoms with Crippen molar-refractivity contribution in [1.29, 1.82) is 0 Å². The van der Waals surface area contributed by atoms with Crippen LogP contribution in [0.2, 0.25) is 0 Å². The molecule has 0 fully saturated rings. The molecule has 0 saturated heterocycles. The summed E-state index contributed by atoms with van der Waals surface area (Å²) < 4.78 is 5.01. The molecular formula is C31H18N2S. The number of nitrogens with zero attached hydrogens (tertiary/aromatic N) is 2. The topological polar surface area (TPSA) is 17.8 Å². The van der Waals surface area contributed by atoms with Crippen LogP contribution in [0.25, 0.3) is 69.3 Å². The lowest BCUT2D eigenvalue weighted by atomic mass is 10.0. The maximum Gasteiger partial charge on any atom is 0.0963 e. The van der Waals surface area contributed by atoms with Crippen LogP contribution in [0.3, 0.4) is 0 Å². The van der Waals surface area contributed by atoms with Gasteiger partial charge in [0.15, 0.2) is 0 Å². The molecule has 0 atom stereocenters. The lowest BCUT2D eigenvalue weighted by Crippen LogP contribution is -1.94. The molecule has 3 heterocycles. The largest absolute Gasteiger partial charge is 0.308 e. The molecule has 0 unspecified atom stereocenters. The molecule has 158 valence electrons. The minimum absolute atomic E-state index is 1.05. The van der Waals surface area contributed by atoms with Gasteiger partial charge in [-0.3, -0.25) is 4.98 Å². The van der Waals surface area contributed by atoms with Gasteiger partial charge in [-0.1, -0.05) is 48.5 Å². The van der Waals surface area contributed by atoms with Crippen LogP contribution >= 0.6 is 11.3 Å². The van der Waals surface area contributed by atoms with Crippen molar-refractivity contribution >= 4 is 75.0 Å². The second kappa shape index (κ2) is 6.66. The number of rotatable bonds is 1. The first-order valence-electron chi connectivity index (χ1n) is 11.5. The predicted molar refractivity (Wildman–Crippen MR) is 146 cm³/mol. The molecule has 8 rings (SSSR count). The molecule has 0 aliphatic heterocycles. The van der Waals surface area contributed by atoms with Crippen molar-refractivity contribution in [3.05, 3.63) is 109 Å². The van der Waals surface area contributed by atoms with Gasteiger partial charge in [0.25, 0.3) is 0 Å². The second-order valence-corrected chi connectivity index (χ2v) is 9.98. The fraction of sp³-hybridized carbons (Fsp3) is 0. The van der Waals surface area contributed by atoms with Crippen molar-refractivity contribution in [2.45, 2.75) is 0 Å². The number of fused-ring (bicyclic) bond motifs is 8. The number of hydrogen-bond donors (Lipinski definition) is 0. The molecule has 3 aromatic heterocycles. The van der Waals surface area contributed by atoms with Gasteiger partial charge in [0, 0.05) is 37.4 Å². The Hall–Kier alpha value is -4.21. The number of thiophene rings is 1. The van der Waals surface area contributed by atoms with E-state index in [1.54, 1.807) is 0 Å². The van der Waals surface area contributed by atoms with E-state index in [1.165, 1.54) is 52.6 Å². The van der Waals surface area contributed by atoms with Crippen LogP contribution in [-0.2, 0) is 0 Å². The Morgan fingerprint density at radius 3 is 2.24 bits per heavy atom. The van der Waals surface area contributed by atoms with E-state index in [0.29, 0.717) is 0 Å². The average Bonchev–Trinajstić information content (AvgIpc) is 3.40. The van der Waals surface area contributed by atoms with Crippen LogP contribution in [0.5, 0.6) is 0 Å². The van der Waals surface area contributed by atoms with E-state index in [4.69, 9.17) is 4.98 Å². The Bertz CT molecular complexity index is 2080. The smallest absolute Gasteiger partial charge is 0.0963 e. The molecular weight excluding hydrogens is 432 g/mol. The summed E-state index contributed by atoms with van der Waals surface area (Å²) in [6.07, 6.45) is 1.90. The summed E-state index contributed by atoms with van der Waals surface area (Å²) in [7, 11) is 0. The Balaban J connectivity index is 1.48. The van der Waals surface area contributed by atoms with Crippen molar-refractivity contribution in [2.24, 2.45) is 0 Å². The lowest BCUT2D eigenvalue weighted by molar-refractivity contribution is 1.18. The van der Waals surface area contributed by atoms with Crippen LogP contribution in [0.1, 0.15) is 0 Å². The summed E-state index contributed by atoms with van der Waals surface area (Å²) in [5.41, 5.74) is 4.55. The molecule has 0 aliphatic rings. The summed E-state index contributed by atoms with van der Waals surface area (Å²) in [6.45, 7) is 0. The molecule has 5 aromatic carbocycles. The van der Waals surface area contributed by atoms with Gasteiger partial charge in [0.2, 0.25) is 0 Å². The molecule has 0 saturated carbocycles. The second-order valence-electron chi connectivity index (χ2n) is 8.90. The van der Waals surface area contributed by atoms with Crippen LogP contribution in [0.15, 0.2) is 109 Å². The van der Waals surface area contributed by atoms with Crippen molar-refractivity contribution in [3.63, 3.8) is 0 Å². The fourth-order valence-corrected chi connectivity index (χ4v) is 6.52. The summed E-state index contributed by atoms with van der Waals surface area (Å²) in [4.78, 5) is 4.81. The SMILES string of the molecule is c1ccc2cc3cc(-n4c5cc6sc7ccccc7c6cc5c5ncccc54)ccc3cc2c1. The molecule has 0 aliphatic carbocycles. The summed E-state index contributed by atoms with van der Waals surface area (Å²) in [5.74, 6) is 0. The highest BCUT2D eigenvalue weighted by Crippen LogP contribution is 2.40. The Kier molecular flexibility index (Phi) is 3.57. The van der Waals surface area contributed by atoms with Gasteiger partial charge in [-0.05, 0) is 76.1 Å². The normalized spacial score (nSPS) is 12.1. The molecule has 3 heteroatoms. The van der Waals surface area contributed by atoms with Crippen molar-refractivity contribution in [1.82, 2.24) is 9.55 Å². The van der Waals surface area contributed by atoms with E-state index in [2.05, 4.69) is 102 Å². The van der Waals surface area contributed by atoms with E-state index in [0.717, 1.165) is 16.7 Å². The fourth-order valence-electron chi connectivity index (χ4n) is 5.39. The van der Waals surface area contributed by atoms with Gasteiger partial charge >= 0.3 is 0 Å². The molecule has 8 aromatic rings. The van der Waals surface area contributed by atoms with E-state index >= 15 is 0 Å². The molecule has 0 radical (unpaired) electrons. The van der Waals surface area contributed by atoms with Gasteiger partial charge in [-0.15, -0.1) is 11.3 Å². The zero-order valence-electron chi connectivity index (χ0n) is 18.2. The van der Waals surface area contributed by atoms with Gasteiger partial charge in [0.1, 0.15) is 0 Å². The number of hydrogen-bond acceptors (Lipinski definition) is 2. The summed E-state index contributed by atoms with van der Waals surface area (Å²) in [5, 5.41) is 8.87. The van der Waals surface area contributed by atoms with Gasteiger partial charge in [-0.2, -0.15) is 0 Å². The summed E-state index contributed by atoms with van der Waals surface area (Å²) in [6, 6.07) is 37.5.